The lowest BCUT2D eigenvalue weighted by atomic mass is 10.1. The van der Waals surface area contributed by atoms with Crippen molar-refractivity contribution in [3.63, 3.8) is 0 Å². The lowest BCUT2D eigenvalue weighted by molar-refractivity contribution is 0.0984. The van der Waals surface area contributed by atoms with E-state index in [9.17, 15) is 14.0 Å². The Hall–Kier alpha value is -4.59. The van der Waals surface area contributed by atoms with Crippen LogP contribution in [0.2, 0.25) is 0 Å². The van der Waals surface area contributed by atoms with Crippen LogP contribution in [-0.4, -0.2) is 21.8 Å². The third kappa shape index (κ3) is 3.97. The molecule has 1 aliphatic heterocycles. The van der Waals surface area contributed by atoms with Crippen molar-refractivity contribution in [3.8, 4) is 0 Å². The van der Waals surface area contributed by atoms with Crippen molar-refractivity contribution in [2.75, 3.05) is 15.5 Å². The molecule has 0 unspecified atom stereocenters. The van der Waals surface area contributed by atoms with Gasteiger partial charge in [0.05, 0.1) is 17.8 Å². The van der Waals surface area contributed by atoms with Gasteiger partial charge in [-0.15, -0.1) is 0 Å². The second kappa shape index (κ2) is 8.74. The number of benzene rings is 2. The van der Waals surface area contributed by atoms with Gasteiger partial charge in [0.15, 0.2) is 5.82 Å². The highest BCUT2D eigenvalue weighted by molar-refractivity contribution is 6.08. The molecule has 0 saturated carbocycles. The fourth-order valence-corrected chi connectivity index (χ4v) is 3.84. The number of fused-ring (bicyclic) bond motifs is 2. The fourth-order valence-electron chi connectivity index (χ4n) is 3.84. The van der Waals surface area contributed by atoms with Crippen LogP contribution in [0.4, 0.5) is 27.4 Å². The molecule has 0 saturated heterocycles. The van der Waals surface area contributed by atoms with Gasteiger partial charge in [-0.05, 0) is 60.5 Å². The number of nitrogens with one attached hydrogen (secondary N) is 2. The summed E-state index contributed by atoms with van der Waals surface area (Å²) in [5.41, 5.74) is 3.34. The van der Waals surface area contributed by atoms with Crippen LogP contribution in [-0.2, 0) is 6.54 Å². The first kappa shape index (κ1) is 21.3. The number of halogens is 1. The molecule has 3 heterocycles. The summed E-state index contributed by atoms with van der Waals surface area (Å²) >= 11 is 0. The summed E-state index contributed by atoms with van der Waals surface area (Å²) in [7, 11) is 0. The zero-order chi connectivity index (χ0) is 23.7. The Morgan fingerprint density at radius 3 is 2.68 bits per heavy atom. The SMILES string of the molecule is Cc1c(F)cccc1C(=O)Nc1ccc(C(=O)N2Cc3ccccc3Nc3ncccc32)cn1. The number of aromatic nitrogens is 2. The molecular weight excluding hydrogens is 433 g/mol. The second-order valence-corrected chi connectivity index (χ2v) is 7.84. The molecule has 4 aromatic rings. The smallest absolute Gasteiger partial charge is 0.260 e. The number of carbonyl (C=O) groups excluding carboxylic acids is 2. The van der Waals surface area contributed by atoms with Gasteiger partial charge < -0.3 is 15.5 Å². The van der Waals surface area contributed by atoms with Gasteiger partial charge in [0.25, 0.3) is 11.8 Å². The zero-order valence-electron chi connectivity index (χ0n) is 18.2. The van der Waals surface area contributed by atoms with Crippen LogP contribution in [0, 0.1) is 12.7 Å². The minimum Gasteiger partial charge on any atom is -0.338 e. The predicted molar refractivity (Wildman–Crippen MR) is 128 cm³/mol. The van der Waals surface area contributed by atoms with Gasteiger partial charge in [-0.25, -0.2) is 14.4 Å². The fraction of sp³-hybridized carbons (Fsp3) is 0.0769. The number of nitrogens with zero attached hydrogens (tertiary/aromatic N) is 3. The topological polar surface area (TPSA) is 87.2 Å². The molecule has 2 N–H and O–H groups in total. The minimum atomic E-state index is -0.473. The number of amides is 2. The summed E-state index contributed by atoms with van der Waals surface area (Å²) < 4.78 is 13.8. The normalized spacial score (nSPS) is 12.1. The lowest BCUT2D eigenvalue weighted by Gasteiger charge is -2.22. The minimum absolute atomic E-state index is 0.224. The lowest BCUT2D eigenvalue weighted by Crippen LogP contribution is -2.30. The van der Waals surface area contributed by atoms with Gasteiger partial charge in [0, 0.05) is 23.6 Å². The van der Waals surface area contributed by atoms with E-state index < -0.39 is 11.7 Å². The number of pyridine rings is 2. The molecule has 0 radical (unpaired) electrons. The van der Waals surface area contributed by atoms with E-state index in [1.807, 2.05) is 30.3 Å². The van der Waals surface area contributed by atoms with Crippen LogP contribution in [0.1, 0.15) is 31.8 Å². The molecule has 2 amide bonds. The van der Waals surface area contributed by atoms with Crippen molar-refractivity contribution < 1.29 is 14.0 Å². The van der Waals surface area contributed by atoms with Gasteiger partial charge in [-0.3, -0.25) is 9.59 Å². The van der Waals surface area contributed by atoms with Crippen molar-refractivity contribution in [2.45, 2.75) is 13.5 Å². The molecule has 2 aromatic carbocycles. The largest absolute Gasteiger partial charge is 0.338 e. The Bertz CT molecular complexity index is 1400. The number of anilines is 4. The zero-order valence-corrected chi connectivity index (χ0v) is 18.2. The van der Waals surface area contributed by atoms with Crippen LogP contribution >= 0.6 is 0 Å². The monoisotopic (exact) mass is 453 g/mol. The summed E-state index contributed by atoms with van der Waals surface area (Å²) in [5.74, 6) is -0.332. The van der Waals surface area contributed by atoms with Crippen LogP contribution in [0.15, 0.2) is 79.1 Å². The Balaban J connectivity index is 1.40. The molecule has 1 aliphatic rings. The van der Waals surface area contributed by atoms with Gasteiger partial charge in [-0.2, -0.15) is 0 Å². The molecular formula is C26H20FN5O2. The summed E-state index contributed by atoms with van der Waals surface area (Å²) in [6.07, 6.45) is 3.08. The van der Waals surface area contributed by atoms with E-state index in [1.54, 1.807) is 42.3 Å². The van der Waals surface area contributed by atoms with Crippen molar-refractivity contribution in [3.05, 3.63) is 107 Å². The summed E-state index contributed by atoms with van der Waals surface area (Å²) in [4.78, 5) is 36.3. The van der Waals surface area contributed by atoms with E-state index in [4.69, 9.17) is 0 Å². The summed E-state index contributed by atoms with van der Waals surface area (Å²) in [5, 5.41) is 5.95. The molecule has 0 aliphatic carbocycles. The third-order valence-electron chi connectivity index (χ3n) is 5.69. The maximum atomic E-state index is 13.8. The number of carbonyl (C=O) groups is 2. The molecule has 2 aromatic heterocycles. The van der Waals surface area contributed by atoms with E-state index in [-0.39, 0.29) is 22.9 Å². The quantitative estimate of drug-likeness (QED) is 0.452. The van der Waals surface area contributed by atoms with Gasteiger partial charge in [0.1, 0.15) is 11.6 Å². The summed E-state index contributed by atoms with van der Waals surface area (Å²) in [6, 6.07) is 18.8. The van der Waals surface area contributed by atoms with Crippen molar-refractivity contribution >= 4 is 34.8 Å². The van der Waals surface area contributed by atoms with Crippen molar-refractivity contribution in [2.24, 2.45) is 0 Å². The van der Waals surface area contributed by atoms with Gasteiger partial charge >= 0.3 is 0 Å². The van der Waals surface area contributed by atoms with E-state index in [1.165, 1.54) is 18.3 Å². The van der Waals surface area contributed by atoms with Gasteiger partial charge in [-0.1, -0.05) is 24.3 Å². The maximum Gasteiger partial charge on any atom is 0.260 e. The number of rotatable bonds is 3. The second-order valence-electron chi connectivity index (χ2n) is 7.84. The molecule has 0 bridgehead atoms. The predicted octanol–water partition coefficient (Wildman–Crippen LogP) is 5.08. The highest BCUT2D eigenvalue weighted by Crippen LogP contribution is 2.34. The Morgan fingerprint density at radius 1 is 1.00 bits per heavy atom. The van der Waals surface area contributed by atoms with Crippen LogP contribution in [0.5, 0.6) is 0 Å². The highest BCUT2D eigenvalue weighted by Gasteiger charge is 2.25. The first-order valence-corrected chi connectivity index (χ1v) is 10.7. The molecule has 34 heavy (non-hydrogen) atoms. The number of para-hydroxylation sites is 1. The first-order valence-electron chi connectivity index (χ1n) is 10.7. The van der Waals surface area contributed by atoms with E-state index >= 15 is 0 Å². The number of hydrogen-bond acceptors (Lipinski definition) is 5. The highest BCUT2D eigenvalue weighted by atomic mass is 19.1. The molecule has 8 heteroatoms. The Kier molecular flexibility index (Phi) is 5.47. The van der Waals surface area contributed by atoms with Crippen molar-refractivity contribution in [1.29, 1.82) is 0 Å². The van der Waals surface area contributed by atoms with Crippen LogP contribution in [0.25, 0.3) is 0 Å². The van der Waals surface area contributed by atoms with Crippen molar-refractivity contribution in [1.82, 2.24) is 9.97 Å². The van der Waals surface area contributed by atoms with Crippen LogP contribution < -0.4 is 15.5 Å². The molecule has 0 fully saturated rings. The average Bonchev–Trinajstić information content (AvgIpc) is 3.02. The van der Waals surface area contributed by atoms with E-state index in [0.29, 0.717) is 23.6 Å². The summed E-state index contributed by atoms with van der Waals surface area (Å²) in [6.45, 7) is 1.90. The maximum absolute atomic E-state index is 13.8. The number of hydrogen-bond donors (Lipinski definition) is 2. The molecule has 5 rings (SSSR count). The van der Waals surface area contributed by atoms with Gasteiger partial charge in [0.2, 0.25) is 0 Å². The molecule has 0 atom stereocenters. The average molecular weight is 453 g/mol. The van der Waals surface area contributed by atoms with E-state index in [2.05, 4.69) is 20.6 Å². The standard InChI is InChI=1S/C26H20FN5O2/c1-16-19(7-4-8-20(16)27)25(33)31-23-12-11-17(14-29-23)26(34)32-15-18-6-2-3-9-21(18)30-24-22(32)10-5-13-28-24/h2-14H,15H2,1H3,(H,28,30)(H,29,31,33). The molecule has 0 spiro atoms. The Morgan fingerprint density at radius 2 is 1.85 bits per heavy atom. The molecule has 7 nitrogen and oxygen atoms in total. The third-order valence-corrected chi connectivity index (χ3v) is 5.69. The first-order chi connectivity index (χ1) is 16.5. The molecule has 168 valence electrons. The Labute approximate surface area is 195 Å². The van der Waals surface area contributed by atoms with Crippen LogP contribution in [0.3, 0.4) is 0 Å². The van der Waals surface area contributed by atoms with E-state index in [0.717, 1.165) is 11.3 Å².